The molecule has 1 saturated carbocycles. The van der Waals surface area contributed by atoms with Crippen LogP contribution in [0, 0.1) is 5.92 Å². The molecule has 0 aromatic heterocycles. The fraction of sp³-hybridized carbons (Fsp3) is 0.600. The van der Waals surface area contributed by atoms with E-state index in [1.807, 2.05) is 18.2 Å². The molecule has 1 heterocycles. The first-order chi connectivity index (χ1) is 8.84. The summed E-state index contributed by atoms with van der Waals surface area (Å²) in [7, 11) is 0. The predicted molar refractivity (Wildman–Crippen MR) is 77.2 cm³/mol. The second-order valence-corrected chi connectivity index (χ2v) is 5.94. The third-order valence-corrected chi connectivity index (χ3v) is 4.73. The average molecular weight is 265 g/mol. The van der Waals surface area contributed by atoms with Gasteiger partial charge in [-0.1, -0.05) is 30.2 Å². The van der Waals surface area contributed by atoms with Gasteiger partial charge in [0.15, 0.2) is 0 Å². The summed E-state index contributed by atoms with van der Waals surface area (Å²) in [5.41, 5.74) is 1.09. The number of nitrogens with one attached hydrogen (secondary N) is 2. The molecule has 0 bridgehead atoms. The van der Waals surface area contributed by atoms with Crippen LogP contribution in [0.5, 0.6) is 0 Å². The van der Waals surface area contributed by atoms with Crippen LogP contribution in [-0.2, 0) is 0 Å². The Morgan fingerprint density at radius 3 is 2.78 bits per heavy atom. The molecule has 0 spiro atoms. The summed E-state index contributed by atoms with van der Waals surface area (Å²) in [6, 6.07) is 9.37. The van der Waals surface area contributed by atoms with Gasteiger partial charge in [0.25, 0.3) is 0 Å². The van der Waals surface area contributed by atoms with Gasteiger partial charge in [-0.2, -0.15) is 0 Å². The Morgan fingerprint density at radius 2 is 2.00 bits per heavy atom. The SMILES string of the molecule is Clc1ccccc1NC1CCCC1C1CCCN1. The summed E-state index contributed by atoms with van der Waals surface area (Å²) in [4.78, 5) is 0. The van der Waals surface area contributed by atoms with E-state index in [0.29, 0.717) is 12.1 Å². The van der Waals surface area contributed by atoms with Gasteiger partial charge in [0.1, 0.15) is 0 Å². The van der Waals surface area contributed by atoms with Gasteiger partial charge < -0.3 is 10.6 Å². The number of hydrogen-bond acceptors (Lipinski definition) is 2. The minimum atomic E-state index is 0.584. The highest BCUT2D eigenvalue weighted by Gasteiger charge is 2.34. The van der Waals surface area contributed by atoms with Crippen LogP contribution >= 0.6 is 11.6 Å². The summed E-state index contributed by atoms with van der Waals surface area (Å²) in [6.45, 7) is 1.19. The van der Waals surface area contributed by atoms with Crippen molar-refractivity contribution in [2.45, 2.75) is 44.2 Å². The van der Waals surface area contributed by atoms with Gasteiger partial charge in [0, 0.05) is 12.1 Å². The van der Waals surface area contributed by atoms with E-state index < -0.39 is 0 Å². The van der Waals surface area contributed by atoms with Crippen molar-refractivity contribution in [2.24, 2.45) is 5.92 Å². The molecule has 0 radical (unpaired) electrons. The Bertz CT molecular complexity index is 401. The molecule has 3 atom stereocenters. The van der Waals surface area contributed by atoms with Crippen LogP contribution in [0.25, 0.3) is 0 Å². The Kier molecular flexibility index (Phi) is 3.76. The first-order valence-corrected chi connectivity index (χ1v) is 7.47. The van der Waals surface area contributed by atoms with Crippen molar-refractivity contribution < 1.29 is 0 Å². The predicted octanol–water partition coefficient (Wildman–Crippen LogP) is 3.67. The van der Waals surface area contributed by atoms with Crippen LogP contribution in [-0.4, -0.2) is 18.6 Å². The minimum absolute atomic E-state index is 0.584. The van der Waals surface area contributed by atoms with Crippen molar-refractivity contribution in [1.29, 1.82) is 0 Å². The fourth-order valence-corrected chi connectivity index (χ4v) is 3.69. The van der Waals surface area contributed by atoms with Crippen molar-refractivity contribution in [1.82, 2.24) is 5.32 Å². The summed E-state index contributed by atoms with van der Waals surface area (Å²) in [5.74, 6) is 0.767. The van der Waals surface area contributed by atoms with Crippen molar-refractivity contribution in [3.05, 3.63) is 29.3 Å². The van der Waals surface area contributed by atoms with E-state index >= 15 is 0 Å². The normalized spacial score (nSPS) is 31.7. The van der Waals surface area contributed by atoms with Crippen LogP contribution < -0.4 is 10.6 Å². The molecule has 1 aromatic rings. The molecule has 0 amide bonds. The number of halogens is 1. The highest BCUT2D eigenvalue weighted by atomic mass is 35.5. The number of rotatable bonds is 3. The zero-order valence-corrected chi connectivity index (χ0v) is 11.4. The summed E-state index contributed by atoms with van der Waals surface area (Å²) in [6.07, 6.45) is 6.63. The maximum atomic E-state index is 6.23. The zero-order chi connectivity index (χ0) is 12.4. The summed E-state index contributed by atoms with van der Waals surface area (Å²) >= 11 is 6.23. The second kappa shape index (κ2) is 5.50. The number of benzene rings is 1. The van der Waals surface area contributed by atoms with Gasteiger partial charge >= 0.3 is 0 Å². The lowest BCUT2D eigenvalue weighted by Crippen LogP contribution is -2.38. The molecule has 1 aliphatic heterocycles. The van der Waals surface area contributed by atoms with Gasteiger partial charge in [-0.05, 0) is 50.3 Å². The van der Waals surface area contributed by atoms with Gasteiger partial charge in [0.05, 0.1) is 10.7 Å². The van der Waals surface area contributed by atoms with E-state index in [9.17, 15) is 0 Å². The van der Waals surface area contributed by atoms with Crippen molar-refractivity contribution in [3.63, 3.8) is 0 Å². The monoisotopic (exact) mass is 264 g/mol. The molecular formula is C15H21ClN2. The van der Waals surface area contributed by atoms with Crippen LogP contribution in [0.1, 0.15) is 32.1 Å². The zero-order valence-electron chi connectivity index (χ0n) is 10.7. The van der Waals surface area contributed by atoms with Gasteiger partial charge in [-0.3, -0.25) is 0 Å². The van der Waals surface area contributed by atoms with E-state index in [0.717, 1.165) is 16.6 Å². The molecule has 2 fully saturated rings. The van der Waals surface area contributed by atoms with Gasteiger partial charge in [0.2, 0.25) is 0 Å². The molecule has 1 aromatic carbocycles. The molecule has 18 heavy (non-hydrogen) atoms. The Morgan fingerprint density at radius 1 is 1.11 bits per heavy atom. The summed E-state index contributed by atoms with van der Waals surface area (Å²) in [5, 5.41) is 8.16. The minimum Gasteiger partial charge on any atom is -0.381 e. The Hall–Kier alpha value is -0.730. The molecule has 1 saturated heterocycles. The molecule has 2 nitrogen and oxygen atoms in total. The topological polar surface area (TPSA) is 24.1 Å². The van der Waals surface area contributed by atoms with Crippen molar-refractivity contribution >= 4 is 17.3 Å². The largest absolute Gasteiger partial charge is 0.381 e. The molecule has 1 aliphatic carbocycles. The van der Waals surface area contributed by atoms with Crippen LogP contribution in [0.4, 0.5) is 5.69 Å². The highest BCUT2D eigenvalue weighted by Crippen LogP contribution is 2.35. The maximum absolute atomic E-state index is 6.23. The number of para-hydroxylation sites is 1. The highest BCUT2D eigenvalue weighted by molar-refractivity contribution is 6.33. The van der Waals surface area contributed by atoms with E-state index in [1.165, 1.54) is 38.6 Å². The average Bonchev–Trinajstić information content (AvgIpc) is 3.02. The van der Waals surface area contributed by atoms with Gasteiger partial charge in [-0.15, -0.1) is 0 Å². The van der Waals surface area contributed by atoms with Crippen molar-refractivity contribution in [3.8, 4) is 0 Å². The standard InChI is InChI=1S/C15H21ClN2/c16-12-6-1-2-7-15(12)18-14-8-3-5-11(14)13-9-4-10-17-13/h1-2,6-7,11,13-14,17-18H,3-5,8-10H2. The molecule has 2 N–H and O–H groups in total. The lowest BCUT2D eigenvalue weighted by atomic mass is 9.93. The first-order valence-electron chi connectivity index (χ1n) is 7.09. The quantitative estimate of drug-likeness (QED) is 0.870. The van der Waals surface area contributed by atoms with E-state index in [2.05, 4.69) is 16.7 Å². The third kappa shape index (κ3) is 2.50. The molecule has 3 heteroatoms. The Balaban J connectivity index is 1.69. The van der Waals surface area contributed by atoms with E-state index in [-0.39, 0.29) is 0 Å². The van der Waals surface area contributed by atoms with Crippen molar-refractivity contribution in [2.75, 3.05) is 11.9 Å². The van der Waals surface area contributed by atoms with Gasteiger partial charge in [-0.25, -0.2) is 0 Å². The maximum Gasteiger partial charge on any atom is 0.0637 e. The number of anilines is 1. The first kappa shape index (κ1) is 12.3. The number of hydrogen-bond donors (Lipinski definition) is 2. The third-order valence-electron chi connectivity index (χ3n) is 4.40. The lowest BCUT2D eigenvalue weighted by Gasteiger charge is -2.27. The second-order valence-electron chi connectivity index (χ2n) is 5.53. The van der Waals surface area contributed by atoms with Crippen LogP contribution in [0.15, 0.2) is 24.3 Å². The smallest absolute Gasteiger partial charge is 0.0637 e. The Labute approximate surface area is 114 Å². The molecule has 98 valence electrons. The summed E-state index contributed by atoms with van der Waals surface area (Å²) < 4.78 is 0. The lowest BCUT2D eigenvalue weighted by molar-refractivity contribution is 0.376. The van der Waals surface area contributed by atoms with E-state index in [4.69, 9.17) is 11.6 Å². The molecule has 3 unspecified atom stereocenters. The molecular weight excluding hydrogens is 244 g/mol. The molecule has 2 aliphatic rings. The van der Waals surface area contributed by atoms with Crippen LogP contribution in [0.2, 0.25) is 5.02 Å². The molecule has 3 rings (SSSR count). The fourth-order valence-electron chi connectivity index (χ4n) is 3.50. The van der Waals surface area contributed by atoms with E-state index in [1.54, 1.807) is 0 Å². The van der Waals surface area contributed by atoms with Crippen LogP contribution in [0.3, 0.4) is 0 Å².